The molecule has 208 valence electrons. The summed E-state index contributed by atoms with van der Waals surface area (Å²) in [6.07, 6.45) is 0. The van der Waals surface area contributed by atoms with E-state index in [4.69, 9.17) is 5.11 Å². The number of carbonyl (C=O) groups is 1. The van der Waals surface area contributed by atoms with Crippen LogP contribution in [0.4, 0.5) is 28.4 Å². The molecule has 5 aromatic rings. The molecule has 0 fully saturated rings. The van der Waals surface area contributed by atoms with E-state index in [0.717, 1.165) is 41.3 Å². The molecule has 43 heavy (non-hydrogen) atoms. The van der Waals surface area contributed by atoms with Crippen molar-refractivity contribution in [3.05, 3.63) is 132 Å². The summed E-state index contributed by atoms with van der Waals surface area (Å²) < 4.78 is 0. The smallest absolute Gasteiger partial charge is 0.507 e. The summed E-state index contributed by atoms with van der Waals surface area (Å²) in [4.78, 5) is 13.5. The molecule has 0 bridgehead atoms. The summed E-state index contributed by atoms with van der Waals surface area (Å²) in [6.45, 7) is 3.91. The van der Waals surface area contributed by atoms with E-state index in [1.807, 2.05) is 66.7 Å². The summed E-state index contributed by atoms with van der Waals surface area (Å²) in [6, 6.07) is 37.9. The minimum absolute atomic E-state index is 0. The maximum Gasteiger partial charge on any atom is 1.00 e. The zero-order valence-corrected chi connectivity index (χ0v) is 26.0. The van der Waals surface area contributed by atoms with Crippen LogP contribution in [0.1, 0.15) is 22.8 Å². The molecule has 0 aliphatic carbocycles. The summed E-state index contributed by atoms with van der Waals surface area (Å²) in [5.74, 6) is -1.54. The van der Waals surface area contributed by atoms with Gasteiger partial charge in [0.1, 0.15) is 11.3 Å². The predicted octanol–water partition coefficient (Wildman–Crippen LogP) is 6.62. The van der Waals surface area contributed by atoms with Gasteiger partial charge in [0.05, 0.1) is 22.7 Å². The molecule has 0 saturated carbocycles. The Bertz CT molecular complexity index is 1710. The van der Waals surface area contributed by atoms with E-state index < -0.39 is 5.97 Å². The first-order chi connectivity index (χ1) is 20.5. The van der Waals surface area contributed by atoms with Crippen molar-refractivity contribution in [3.8, 4) is 16.9 Å². The molecular formula is C34H29N5NaO3+. The van der Waals surface area contributed by atoms with E-state index in [-0.39, 0.29) is 40.9 Å². The van der Waals surface area contributed by atoms with Crippen LogP contribution in [0.15, 0.2) is 142 Å². The van der Waals surface area contributed by atoms with Gasteiger partial charge in [0, 0.05) is 18.8 Å². The Hall–Kier alpha value is -4.63. The second kappa shape index (κ2) is 15.0. The third-order valence-corrected chi connectivity index (χ3v) is 6.65. The summed E-state index contributed by atoms with van der Waals surface area (Å²) in [5, 5.41) is 35.8. The molecule has 0 heterocycles. The monoisotopic (exact) mass is 578 g/mol. The van der Waals surface area contributed by atoms with Crippen molar-refractivity contribution >= 4 is 34.4 Å². The van der Waals surface area contributed by atoms with Crippen molar-refractivity contribution in [2.24, 2.45) is 20.5 Å². The van der Waals surface area contributed by atoms with Gasteiger partial charge in [0.2, 0.25) is 0 Å². The Balaban J connectivity index is 0.00000423. The van der Waals surface area contributed by atoms with Gasteiger partial charge in [-0.1, -0.05) is 54.6 Å². The first-order valence-electron chi connectivity index (χ1n) is 13.5. The van der Waals surface area contributed by atoms with Gasteiger partial charge in [-0.2, -0.15) is 20.5 Å². The van der Waals surface area contributed by atoms with Gasteiger partial charge < -0.3 is 15.1 Å². The molecule has 0 aliphatic heterocycles. The fourth-order valence-electron chi connectivity index (χ4n) is 4.35. The number of nitrogens with zero attached hydrogens (tertiary/aromatic N) is 5. The van der Waals surface area contributed by atoms with E-state index in [1.54, 1.807) is 0 Å². The minimum Gasteiger partial charge on any atom is -0.507 e. The first kappa shape index (κ1) is 31.3. The number of benzene rings is 5. The average molecular weight is 579 g/mol. The predicted molar refractivity (Wildman–Crippen MR) is 165 cm³/mol. The molecule has 0 aliphatic rings. The SMILES string of the molecule is CCN(Cc1ccccc1)c1ccc(N=Nc2ccc(-c3ccc(N=Nc4ccc(O)c(C(=O)O)c4)cc3)cc2)cc1.[Na+]. The molecule has 8 nitrogen and oxygen atoms in total. The summed E-state index contributed by atoms with van der Waals surface area (Å²) >= 11 is 0. The molecule has 5 rings (SSSR count). The van der Waals surface area contributed by atoms with Crippen LogP contribution in [0, 0.1) is 0 Å². The van der Waals surface area contributed by atoms with Crippen LogP contribution in [0.3, 0.4) is 0 Å². The number of azo groups is 2. The van der Waals surface area contributed by atoms with Gasteiger partial charge in [0.25, 0.3) is 0 Å². The van der Waals surface area contributed by atoms with Crippen LogP contribution in [-0.2, 0) is 6.54 Å². The molecule has 0 aromatic heterocycles. The van der Waals surface area contributed by atoms with Gasteiger partial charge in [0.15, 0.2) is 0 Å². The third-order valence-electron chi connectivity index (χ3n) is 6.65. The Morgan fingerprint density at radius 3 is 1.60 bits per heavy atom. The van der Waals surface area contributed by atoms with E-state index in [1.165, 1.54) is 23.8 Å². The van der Waals surface area contributed by atoms with Crippen LogP contribution in [0.25, 0.3) is 11.1 Å². The van der Waals surface area contributed by atoms with Gasteiger partial charge in [-0.05, 0) is 90.3 Å². The number of rotatable bonds is 10. The summed E-state index contributed by atoms with van der Waals surface area (Å²) in [7, 11) is 0. The number of aromatic hydroxyl groups is 1. The Labute approximate surface area is 272 Å². The van der Waals surface area contributed by atoms with Crippen molar-refractivity contribution < 1.29 is 44.6 Å². The molecule has 0 radical (unpaired) electrons. The fourth-order valence-corrected chi connectivity index (χ4v) is 4.35. The third kappa shape index (κ3) is 8.45. The van der Waals surface area contributed by atoms with Gasteiger partial charge in [-0.25, -0.2) is 4.79 Å². The molecule has 2 N–H and O–H groups in total. The van der Waals surface area contributed by atoms with E-state index in [9.17, 15) is 9.90 Å². The second-order valence-corrected chi connectivity index (χ2v) is 9.52. The van der Waals surface area contributed by atoms with E-state index in [2.05, 4.69) is 68.7 Å². The van der Waals surface area contributed by atoms with Crippen LogP contribution < -0.4 is 34.5 Å². The number of hydrogen-bond donors (Lipinski definition) is 2. The number of anilines is 1. The van der Waals surface area contributed by atoms with Crippen molar-refractivity contribution in [1.29, 1.82) is 0 Å². The zero-order valence-electron chi connectivity index (χ0n) is 24.0. The molecule has 5 aromatic carbocycles. The number of carboxylic acid groups (broad SMARTS) is 1. The Kier molecular flexibility index (Phi) is 10.9. The number of phenols is 1. The first-order valence-corrected chi connectivity index (χ1v) is 13.5. The van der Waals surface area contributed by atoms with Gasteiger partial charge in [-0.3, -0.25) is 0 Å². The van der Waals surface area contributed by atoms with Gasteiger partial charge >= 0.3 is 35.5 Å². The topological polar surface area (TPSA) is 110 Å². The van der Waals surface area contributed by atoms with Crippen molar-refractivity contribution in [1.82, 2.24) is 0 Å². The quantitative estimate of drug-likeness (QED) is 0.143. The molecule has 0 atom stereocenters. The number of aromatic carboxylic acids is 1. The summed E-state index contributed by atoms with van der Waals surface area (Å²) in [5.41, 5.74) is 6.70. The molecular weight excluding hydrogens is 549 g/mol. The largest absolute Gasteiger partial charge is 1.00 e. The van der Waals surface area contributed by atoms with Crippen LogP contribution in [0.2, 0.25) is 0 Å². The molecule has 9 heteroatoms. The van der Waals surface area contributed by atoms with Crippen molar-refractivity contribution in [2.75, 3.05) is 11.4 Å². The average Bonchev–Trinajstić information content (AvgIpc) is 3.03. The van der Waals surface area contributed by atoms with E-state index >= 15 is 0 Å². The molecule has 0 saturated heterocycles. The second-order valence-electron chi connectivity index (χ2n) is 9.52. The van der Waals surface area contributed by atoms with Crippen molar-refractivity contribution in [3.63, 3.8) is 0 Å². The maximum atomic E-state index is 11.2. The zero-order chi connectivity index (χ0) is 29.3. The van der Waals surface area contributed by atoms with Crippen LogP contribution in [-0.4, -0.2) is 22.7 Å². The van der Waals surface area contributed by atoms with Crippen molar-refractivity contribution in [2.45, 2.75) is 13.5 Å². The van der Waals surface area contributed by atoms with E-state index in [0.29, 0.717) is 11.4 Å². The van der Waals surface area contributed by atoms with Crippen LogP contribution in [0.5, 0.6) is 5.75 Å². The Morgan fingerprint density at radius 1 is 0.651 bits per heavy atom. The number of carboxylic acids is 1. The molecule has 0 amide bonds. The number of hydrogen-bond acceptors (Lipinski definition) is 7. The maximum absolute atomic E-state index is 11.2. The minimum atomic E-state index is -1.23. The van der Waals surface area contributed by atoms with Crippen LogP contribution >= 0.6 is 0 Å². The Morgan fingerprint density at radius 2 is 1.12 bits per heavy atom. The normalized spacial score (nSPS) is 11.0. The molecule has 0 unspecified atom stereocenters. The van der Waals surface area contributed by atoms with Gasteiger partial charge in [-0.15, -0.1) is 0 Å². The standard InChI is InChI=1S/C34H29N5O3.Na/c1-2-39(23-24-6-4-3-5-7-24)31-19-16-29(17-20-31)36-35-27-12-8-25(9-13-27)26-10-14-28(15-11-26)37-38-30-18-21-33(40)32(22-30)34(41)42;/h3-22,40H,2,23H2,1H3,(H,41,42);/q;+1. The fraction of sp³-hybridized carbons (Fsp3) is 0.0882. The molecule has 0 spiro atoms.